The molecule has 3 N–H and O–H groups in total. The van der Waals surface area contributed by atoms with Gasteiger partial charge in [-0.05, 0) is 18.2 Å². The minimum absolute atomic E-state index is 0. The van der Waals surface area contributed by atoms with Gasteiger partial charge in [0, 0.05) is 54.4 Å². The van der Waals surface area contributed by atoms with E-state index in [1.165, 1.54) is 0 Å². The molecule has 30 heavy (non-hydrogen) atoms. The number of fused-ring (bicyclic) bond motifs is 1. The molecule has 0 bridgehead atoms. The minimum Gasteiger partial charge on any atom is -0.497 e. The van der Waals surface area contributed by atoms with E-state index in [1.807, 2.05) is 36.4 Å². The van der Waals surface area contributed by atoms with Crippen molar-refractivity contribution in [3.63, 3.8) is 0 Å². The largest absolute Gasteiger partial charge is 0.497 e. The van der Waals surface area contributed by atoms with Crippen molar-refractivity contribution in [2.24, 2.45) is 5.73 Å². The summed E-state index contributed by atoms with van der Waals surface area (Å²) in [6, 6.07) is 11.7. The molecular formula is C21H23ClN6O2. The highest BCUT2D eigenvalue weighted by atomic mass is 35.5. The first-order valence-corrected chi connectivity index (χ1v) is 9.18. The van der Waals surface area contributed by atoms with Gasteiger partial charge in [0.1, 0.15) is 11.5 Å². The van der Waals surface area contributed by atoms with Crippen molar-refractivity contribution in [2.45, 2.75) is 0 Å². The summed E-state index contributed by atoms with van der Waals surface area (Å²) in [5.41, 5.74) is 11.0. The number of aromatic amines is 1. The molecule has 0 spiro atoms. The second kappa shape index (κ2) is 9.43. The van der Waals surface area contributed by atoms with E-state index in [9.17, 15) is 0 Å². The van der Waals surface area contributed by atoms with Crippen LogP contribution in [0.1, 0.15) is 0 Å². The number of aromatic nitrogens is 4. The molecular weight excluding hydrogens is 404 g/mol. The molecule has 0 fully saturated rings. The van der Waals surface area contributed by atoms with E-state index < -0.39 is 0 Å². The van der Waals surface area contributed by atoms with Crippen LogP contribution in [0, 0.1) is 0 Å². The first kappa shape index (κ1) is 21.4. The summed E-state index contributed by atoms with van der Waals surface area (Å²) in [6.45, 7) is 1.11. The second-order valence-corrected chi connectivity index (χ2v) is 6.43. The molecule has 0 radical (unpaired) electrons. The summed E-state index contributed by atoms with van der Waals surface area (Å²) in [5, 5.41) is 6.78. The van der Waals surface area contributed by atoms with E-state index in [0.29, 0.717) is 24.6 Å². The van der Waals surface area contributed by atoms with Crippen molar-refractivity contribution in [3.05, 3.63) is 55.0 Å². The topological polar surface area (TPSA) is 102 Å². The van der Waals surface area contributed by atoms with Gasteiger partial charge in [0.05, 0.1) is 43.3 Å². The van der Waals surface area contributed by atoms with Crippen LogP contribution in [0.15, 0.2) is 55.0 Å². The van der Waals surface area contributed by atoms with Gasteiger partial charge >= 0.3 is 0 Å². The maximum atomic E-state index is 5.90. The Bertz CT molecular complexity index is 1100. The normalized spacial score (nSPS) is 10.5. The highest BCUT2D eigenvalue weighted by Gasteiger charge is 2.14. The van der Waals surface area contributed by atoms with E-state index in [4.69, 9.17) is 20.2 Å². The molecule has 0 unspecified atom stereocenters. The molecule has 4 aromatic rings. The average molecular weight is 427 g/mol. The average Bonchev–Trinajstić information content (AvgIpc) is 3.31. The Morgan fingerprint density at radius 1 is 0.967 bits per heavy atom. The van der Waals surface area contributed by atoms with Crippen LogP contribution in [0.2, 0.25) is 0 Å². The molecule has 0 saturated carbocycles. The van der Waals surface area contributed by atoms with Crippen molar-refractivity contribution >= 4 is 34.8 Å². The molecule has 0 aliphatic rings. The lowest BCUT2D eigenvalue weighted by Crippen LogP contribution is -2.24. The number of methoxy groups -OCH3 is 2. The van der Waals surface area contributed by atoms with Crippen LogP contribution in [-0.4, -0.2) is 47.5 Å². The van der Waals surface area contributed by atoms with Gasteiger partial charge in [-0.1, -0.05) is 0 Å². The van der Waals surface area contributed by atoms with Gasteiger partial charge in [0.15, 0.2) is 0 Å². The van der Waals surface area contributed by atoms with Crippen molar-refractivity contribution in [1.29, 1.82) is 0 Å². The molecule has 0 amide bonds. The quantitative estimate of drug-likeness (QED) is 0.465. The highest BCUT2D eigenvalue weighted by molar-refractivity contribution is 5.85. The molecule has 2 aromatic heterocycles. The fraction of sp³-hybridized carbons (Fsp3) is 0.190. The van der Waals surface area contributed by atoms with E-state index in [2.05, 4.69) is 20.1 Å². The van der Waals surface area contributed by atoms with Crippen LogP contribution in [0.3, 0.4) is 0 Å². The molecule has 2 aromatic carbocycles. The Morgan fingerprint density at radius 2 is 1.73 bits per heavy atom. The molecule has 0 aliphatic carbocycles. The number of halogens is 1. The van der Waals surface area contributed by atoms with Gasteiger partial charge in [-0.25, -0.2) is 4.98 Å². The van der Waals surface area contributed by atoms with Gasteiger partial charge in [0.2, 0.25) is 0 Å². The van der Waals surface area contributed by atoms with Crippen LogP contribution >= 0.6 is 12.4 Å². The van der Waals surface area contributed by atoms with Gasteiger partial charge in [-0.15, -0.1) is 12.4 Å². The van der Waals surface area contributed by atoms with E-state index in [0.717, 1.165) is 33.7 Å². The van der Waals surface area contributed by atoms with Crippen LogP contribution < -0.4 is 20.1 Å². The monoisotopic (exact) mass is 426 g/mol. The first-order chi connectivity index (χ1) is 14.2. The van der Waals surface area contributed by atoms with E-state index in [-0.39, 0.29) is 12.4 Å². The SMILES string of the molecule is COc1cc(OC)cc(N(CCN)c2ccc3ncc(-c4cn[nH]c4)nc3c2)c1.Cl. The lowest BCUT2D eigenvalue weighted by atomic mass is 10.2. The summed E-state index contributed by atoms with van der Waals surface area (Å²) in [6.07, 6.45) is 5.27. The van der Waals surface area contributed by atoms with Gasteiger partial charge in [-0.3, -0.25) is 10.1 Å². The second-order valence-electron chi connectivity index (χ2n) is 6.43. The number of benzene rings is 2. The number of nitrogens with zero attached hydrogens (tertiary/aromatic N) is 4. The summed E-state index contributed by atoms with van der Waals surface area (Å²) in [4.78, 5) is 11.4. The summed E-state index contributed by atoms with van der Waals surface area (Å²) >= 11 is 0. The predicted octanol–water partition coefficient (Wildman–Crippen LogP) is 3.56. The van der Waals surface area contributed by atoms with Crippen molar-refractivity contribution in [2.75, 3.05) is 32.2 Å². The number of ether oxygens (including phenoxy) is 2. The Kier molecular flexibility index (Phi) is 6.71. The number of hydrogen-bond acceptors (Lipinski definition) is 7. The van der Waals surface area contributed by atoms with E-state index in [1.54, 1.807) is 32.8 Å². The Balaban J connectivity index is 0.00000256. The van der Waals surface area contributed by atoms with Gasteiger partial charge < -0.3 is 20.1 Å². The highest BCUT2D eigenvalue weighted by Crippen LogP contribution is 2.33. The van der Waals surface area contributed by atoms with Crippen molar-refractivity contribution in [3.8, 4) is 22.8 Å². The maximum absolute atomic E-state index is 5.90. The smallest absolute Gasteiger partial charge is 0.124 e. The van der Waals surface area contributed by atoms with Gasteiger partial charge in [0.25, 0.3) is 0 Å². The number of anilines is 2. The minimum atomic E-state index is 0. The lowest BCUT2D eigenvalue weighted by molar-refractivity contribution is 0.394. The fourth-order valence-electron chi connectivity index (χ4n) is 3.18. The third kappa shape index (κ3) is 4.29. The molecule has 4 rings (SSSR count). The number of hydrogen-bond donors (Lipinski definition) is 2. The number of H-pyrrole nitrogens is 1. The Labute approximate surface area is 180 Å². The number of nitrogens with one attached hydrogen (secondary N) is 1. The zero-order valence-electron chi connectivity index (χ0n) is 16.7. The third-order valence-electron chi connectivity index (χ3n) is 4.63. The molecule has 0 aliphatic heterocycles. The molecule has 2 heterocycles. The number of nitrogens with two attached hydrogens (primary N) is 1. The summed E-state index contributed by atoms with van der Waals surface area (Å²) in [7, 11) is 3.27. The molecule has 0 atom stereocenters. The standard InChI is InChI=1S/C21H22N6O2.ClH/c1-28-17-7-16(8-18(10-17)29-2)27(6-5-22)15-3-4-19-20(9-15)26-21(13-23-19)14-11-24-25-12-14;/h3-4,7-13H,5-6,22H2,1-2H3,(H,24,25);1H. The maximum Gasteiger partial charge on any atom is 0.124 e. The molecule has 9 heteroatoms. The molecule has 156 valence electrons. The van der Waals surface area contributed by atoms with Crippen molar-refractivity contribution < 1.29 is 9.47 Å². The molecule has 0 saturated heterocycles. The summed E-state index contributed by atoms with van der Waals surface area (Å²) < 4.78 is 10.8. The summed E-state index contributed by atoms with van der Waals surface area (Å²) in [5.74, 6) is 1.42. The van der Waals surface area contributed by atoms with Crippen LogP contribution in [0.5, 0.6) is 11.5 Å². The van der Waals surface area contributed by atoms with Gasteiger partial charge in [-0.2, -0.15) is 5.10 Å². The molecule has 8 nitrogen and oxygen atoms in total. The first-order valence-electron chi connectivity index (χ1n) is 9.18. The van der Waals surface area contributed by atoms with E-state index >= 15 is 0 Å². The van der Waals surface area contributed by atoms with Crippen LogP contribution in [-0.2, 0) is 0 Å². The number of rotatable bonds is 7. The predicted molar refractivity (Wildman–Crippen MR) is 120 cm³/mol. The zero-order chi connectivity index (χ0) is 20.2. The van der Waals surface area contributed by atoms with Crippen LogP contribution in [0.4, 0.5) is 11.4 Å². The Hall–Kier alpha value is -3.36. The fourth-order valence-corrected chi connectivity index (χ4v) is 3.18. The third-order valence-corrected chi connectivity index (χ3v) is 4.63. The lowest BCUT2D eigenvalue weighted by Gasteiger charge is -2.25. The van der Waals surface area contributed by atoms with Crippen LogP contribution in [0.25, 0.3) is 22.3 Å². The Morgan fingerprint density at radius 3 is 2.37 bits per heavy atom. The zero-order valence-corrected chi connectivity index (χ0v) is 17.5. The van der Waals surface area contributed by atoms with Crippen molar-refractivity contribution in [1.82, 2.24) is 20.2 Å².